The molecule has 1 aromatic heterocycles. The van der Waals surface area contributed by atoms with Crippen LogP contribution in [0.25, 0.3) is 0 Å². The fourth-order valence-electron chi connectivity index (χ4n) is 3.43. The van der Waals surface area contributed by atoms with E-state index in [9.17, 15) is 14.5 Å². The summed E-state index contributed by atoms with van der Waals surface area (Å²) in [6.07, 6.45) is -2.64. The molecule has 3 N–H and O–H groups in total. The Morgan fingerprint density at radius 2 is 2.00 bits per heavy atom. The van der Waals surface area contributed by atoms with Gasteiger partial charge in [-0.2, -0.15) is 5.09 Å². The van der Waals surface area contributed by atoms with E-state index in [0.29, 0.717) is 10.2 Å². The number of aryl methyl sites for hydroxylation is 1. The number of nitrogens with zero attached hydrogens (tertiary/aromatic N) is 1. The zero-order valence-corrected chi connectivity index (χ0v) is 23.1. The topological polar surface area (TPSA) is 124 Å². The van der Waals surface area contributed by atoms with E-state index in [1.807, 2.05) is 0 Å². The minimum absolute atomic E-state index is 0.101. The number of hydrogen-bond acceptors (Lipinski definition) is 9. The molecule has 3 rings (SSSR count). The maximum atomic E-state index is 13.9. The van der Waals surface area contributed by atoms with Gasteiger partial charge in [-0.15, -0.1) is 0 Å². The molecular formula is C23H32N3O7PS2. The number of aromatic amines is 1. The zero-order valence-electron chi connectivity index (χ0n) is 22.5. The van der Waals surface area contributed by atoms with Crippen molar-refractivity contribution in [3.05, 3.63) is 51.5 Å². The van der Waals surface area contributed by atoms with Crippen molar-refractivity contribution < 1.29 is 35.7 Å². The lowest BCUT2D eigenvalue weighted by Gasteiger charge is -2.25. The van der Waals surface area contributed by atoms with E-state index in [2.05, 4.69) is 10.1 Å². The third kappa shape index (κ3) is 7.10. The second-order valence-electron chi connectivity index (χ2n) is 8.72. The molecule has 1 unspecified atom stereocenters. The average Bonchev–Trinajstić information content (AvgIpc) is 3.11. The fraction of sp³-hybridized carbons (Fsp3) is 0.522. The van der Waals surface area contributed by atoms with Gasteiger partial charge in [-0.1, -0.05) is 37.3 Å². The number of carbonyl (C=O) groups is 1. The van der Waals surface area contributed by atoms with Gasteiger partial charge in [0, 0.05) is 17.7 Å². The Bertz CT molecular complexity index is 1310. The molecule has 1 aliphatic rings. The Morgan fingerprint density at radius 3 is 2.64 bits per heavy atom. The SMILES string of the molecule is [2H]C([2H])(O[P@](=O)(N[C@@H](C)C(=O)OC(C)C)Oc1ccccc1)[C@@H]1O[C@H](n2cc(C)c(=S)[nH]c2=S)[C@H](C)C1O. The first-order valence-electron chi connectivity index (χ1n) is 12.3. The number of ether oxygens (including phenoxy) is 2. The van der Waals surface area contributed by atoms with Gasteiger partial charge in [0.2, 0.25) is 0 Å². The minimum atomic E-state index is -4.59. The molecule has 13 heteroatoms. The van der Waals surface area contributed by atoms with Crippen LogP contribution in [0.2, 0.25) is 0 Å². The van der Waals surface area contributed by atoms with Crippen molar-refractivity contribution in [2.24, 2.45) is 5.92 Å². The van der Waals surface area contributed by atoms with Crippen molar-refractivity contribution in [1.82, 2.24) is 14.6 Å². The van der Waals surface area contributed by atoms with Crippen LogP contribution in [-0.4, -0.2) is 51.5 Å². The summed E-state index contributed by atoms with van der Waals surface area (Å²) < 4.78 is 55.3. The first-order valence-corrected chi connectivity index (χ1v) is 13.7. The van der Waals surface area contributed by atoms with Gasteiger partial charge in [-0.05, 0) is 52.0 Å². The number of aliphatic hydroxyl groups excluding tert-OH is 1. The van der Waals surface area contributed by atoms with Crippen molar-refractivity contribution in [2.45, 2.75) is 65.2 Å². The molecule has 198 valence electrons. The van der Waals surface area contributed by atoms with Crippen molar-refractivity contribution in [2.75, 3.05) is 6.56 Å². The van der Waals surface area contributed by atoms with Crippen LogP contribution >= 0.6 is 32.2 Å². The van der Waals surface area contributed by atoms with Crippen LogP contribution in [-0.2, 0) is 23.4 Å². The molecule has 10 nitrogen and oxygen atoms in total. The van der Waals surface area contributed by atoms with Crippen molar-refractivity contribution in [1.29, 1.82) is 0 Å². The molecule has 1 aromatic carbocycles. The maximum Gasteiger partial charge on any atom is 0.459 e. The van der Waals surface area contributed by atoms with E-state index in [0.717, 1.165) is 0 Å². The molecular weight excluding hydrogens is 525 g/mol. The number of hydrogen-bond donors (Lipinski definition) is 3. The summed E-state index contributed by atoms with van der Waals surface area (Å²) in [7, 11) is -4.59. The quantitative estimate of drug-likeness (QED) is 0.216. The smallest absolute Gasteiger partial charge is 0.459 e. The number of aliphatic hydroxyl groups is 1. The Kier molecular flexibility index (Phi) is 8.63. The number of benzene rings is 1. The summed E-state index contributed by atoms with van der Waals surface area (Å²) in [6, 6.07) is 6.76. The molecule has 6 atom stereocenters. The maximum absolute atomic E-state index is 13.9. The number of carbonyl (C=O) groups excluding carboxylic acids is 1. The summed E-state index contributed by atoms with van der Waals surface area (Å²) in [5, 5.41) is 13.4. The van der Waals surface area contributed by atoms with Gasteiger partial charge >= 0.3 is 13.7 Å². The van der Waals surface area contributed by atoms with E-state index in [4.69, 9.17) is 45.7 Å². The van der Waals surface area contributed by atoms with Crippen LogP contribution in [0.4, 0.5) is 0 Å². The summed E-state index contributed by atoms with van der Waals surface area (Å²) in [5.41, 5.74) is 0.703. The predicted molar refractivity (Wildman–Crippen MR) is 139 cm³/mol. The number of esters is 1. The van der Waals surface area contributed by atoms with Gasteiger partial charge in [0.05, 0.1) is 21.5 Å². The monoisotopic (exact) mass is 559 g/mol. The van der Waals surface area contributed by atoms with Crippen LogP contribution in [0, 0.1) is 22.3 Å². The first-order chi connectivity index (χ1) is 17.6. The summed E-state index contributed by atoms with van der Waals surface area (Å²) in [4.78, 5) is 15.3. The predicted octanol–water partition coefficient (Wildman–Crippen LogP) is 4.61. The summed E-state index contributed by atoms with van der Waals surface area (Å²) in [5.74, 6) is -1.28. The van der Waals surface area contributed by atoms with Gasteiger partial charge in [0.25, 0.3) is 0 Å². The largest absolute Gasteiger partial charge is 0.462 e. The van der Waals surface area contributed by atoms with Crippen LogP contribution in [0.5, 0.6) is 5.75 Å². The van der Waals surface area contributed by atoms with Crippen molar-refractivity contribution in [3.8, 4) is 5.75 Å². The number of aromatic nitrogens is 2. The van der Waals surface area contributed by atoms with Crippen molar-refractivity contribution in [3.63, 3.8) is 0 Å². The highest BCUT2D eigenvalue weighted by atomic mass is 32.1. The van der Waals surface area contributed by atoms with E-state index in [1.54, 1.807) is 52.1 Å². The van der Waals surface area contributed by atoms with Gasteiger partial charge in [0.1, 0.15) is 28.8 Å². The van der Waals surface area contributed by atoms with Gasteiger partial charge in [-0.25, -0.2) is 4.57 Å². The molecule has 0 amide bonds. The Hall–Kier alpha value is -1.92. The van der Waals surface area contributed by atoms with Crippen LogP contribution in [0.15, 0.2) is 36.5 Å². The number of H-pyrrole nitrogens is 1. The van der Waals surface area contributed by atoms with Gasteiger partial charge in [-0.3, -0.25) is 13.9 Å². The number of para-hydroxylation sites is 1. The molecule has 0 spiro atoms. The zero-order chi connectivity index (χ0) is 28.4. The van der Waals surface area contributed by atoms with Gasteiger partial charge < -0.3 is 24.1 Å². The van der Waals surface area contributed by atoms with E-state index in [1.165, 1.54) is 23.6 Å². The van der Waals surface area contributed by atoms with E-state index in [-0.39, 0.29) is 10.5 Å². The molecule has 1 saturated heterocycles. The Labute approximate surface area is 223 Å². The third-order valence-electron chi connectivity index (χ3n) is 5.32. The second-order valence-corrected chi connectivity index (χ2v) is 11.1. The summed E-state index contributed by atoms with van der Waals surface area (Å²) in [6.45, 7) is 5.28. The lowest BCUT2D eigenvalue weighted by molar-refractivity contribution is -0.149. The Morgan fingerprint density at radius 1 is 1.33 bits per heavy atom. The van der Waals surface area contributed by atoms with Gasteiger partial charge in [0.15, 0.2) is 4.77 Å². The lowest BCUT2D eigenvalue weighted by atomic mass is 10.0. The minimum Gasteiger partial charge on any atom is -0.462 e. The molecule has 1 fully saturated rings. The highest BCUT2D eigenvalue weighted by Crippen LogP contribution is 2.46. The number of rotatable bonds is 10. The average molecular weight is 560 g/mol. The molecule has 1 aliphatic heterocycles. The highest BCUT2D eigenvalue weighted by Gasteiger charge is 2.44. The summed E-state index contributed by atoms with van der Waals surface area (Å²) >= 11 is 10.6. The third-order valence-corrected chi connectivity index (χ3v) is 7.56. The molecule has 0 radical (unpaired) electrons. The fourth-order valence-corrected chi connectivity index (χ4v) is 5.26. The molecule has 0 saturated carbocycles. The van der Waals surface area contributed by atoms with Crippen molar-refractivity contribution >= 4 is 38.2 Å². The molecule has 0 aliphatic carbocycles. The first kappa shape index (κ1) is 25.7. The van der Waals surface area contributed by atoms with Crippen LogP contribution in [0.3, 0.4) is 0 Å². The normalized spacial score (nSPS) is 25.5. The van der Waals surface area contributed by atoms with Crippen LogP contribution < -0.4 is 9.61 Å². The Balaban J connectivity index is 1.90. The van der Waals surface area contributed by atoms with E-state index < -0.39 is 56.8 Å². The number of nitrogens with one attached hydrogen (secondary N) is 2. The van der Waals surface area contributed by atoms with E-state index >= 15 is 0 Å². The van der Waals surface area contributed by atoms with Crippen LogP contribution in [0.1, 0.15) is 42.2 Å². The molecule has 2 aromatic rings. The molecule has 36 heavy (non-hydrogen) atoms. The molecule has 2 heterocycles. The lowest BCUT2D eigenvalue weighted by Crippen LogP contribution is -2.37. The highest BCUT2D eigenvalue weighted by molar-refractivity contribution is 7.72. The standard InChI is InChI=1S/C23H32N3O7PS2/c1-13(2)31-22(28)16(5)25-34(29,33-17-9-7-6-8-10-17)30-12-18-19(27)15(4)21(32-18)26-11-14(3)20(35)24-23(26)36/h6-11,13,15-16,18-19,21,27H,12H2,1-5H3,(H,25,29)(H,24,35,36)/t15-,16+,18+,19?,21+,34-/m1/s1/i12D2. The molecule has 0 bridgehead atoms. The second kappa shape index (κ2) is 12.1.